The molecule has 2 N–H and O–H groups in total. The predicted octanol–water partition coefficient (Wildman–Crippen LogP) is 0.319. The number of carbonyl (C=O) groups is 1. The van der Waals surface area contributed by atoms with Crippen molar-refractivity contribution in [1.82, 2.24) is 0 Å². The van der Waals surface area contributed by atoms with Gasteiger partial charge in [0.1, 0.15) is 0 Å². The van der Waals surface area contributed by atoms with Crippen LogP contribution < -0.4 is 0 Å². The summed E-state index contributed by atoms with van der Waals surface area (Å²) in [6, 6.07) is 0. The van der Waals surface area contributed by atoms with E-state index in [1.54, 1.807) is 0 Å². The average molecular weight is 135 g/mol. The van der Waals surface area contributed by atoms with Gasteiger partial charge in [-0.1, -0.05) is 0 Å². The smallest absolute Gasteiger partial charge is 0.478 e. The van der Waals surface area contributed by atoms with E-state index in [2.05, 4.69) is 0 Å². The fourth-order valence-electron chi connectivity index (χ4n) is 0.128. The molecule has 0 saturated heterocycles. The summed E-state index contributed by atoms with van der Waals surface area (Å²) in [6.07, 6.45) is 0.624. The molecule has 0 saturated carbocycles. The lowest BCUT2D eigenvalue weighted by atomic mass is 10.7. The van der Waals surface area contributed by atoms with Gasteiger partial charge >= 0.3 is 14.0 Å². The minimum absolute atomic E-state index is 0.624. The fourth-order valence-corrected chi connectivity index (χ4v) is 0.383. The van der Waals surface area contributed by atoms with E-state index in [0.29, 0.717) is 11.9 Å². The molecular formula is C3H4O4P+. The van der Waals surface area contributed by atoms with Gasteiger partial charge in [0, 0.05) is 0 Å². The first kappa shape index (κ1) is 7.27. The van der Waals surface area contributed by atoms with Gasteiger partial charge in [0.05, 0.1) is 6.08 Å². The summed E-state index contributed by atoms with van der Waals surface area (Å²) in [5, 5.41) is 7.84. The summed E-state index contributed by atoms with van der Waals surface area (Å²) in [5.74, 6) is -0.514. The highest BCUT2D eigenvalue weighted by Crippen LogP contribution is 2.12. The zero-order valence-electron chi connectivity index (χ0n) is 3.81. The summed E-state index contributed by atoms with van der Waals surface area (Å²) in [4.78, 5) is 17.5. The molecule has 5 heteroatoms. The van der Waals surface area contributed by atoms with Gasteiger partial charge < -0.3 is 5.11 Å². The van der Waals surface area contributed by atoms with Gasteiger partial charge in [-0.25, -0.2) is 4.79 Å². The van der Waals surface area contributed by atoms with E-state index >= 15 is 0 Å². The summed E-state index contributed by atoms with van der Waals surface area (Å²) in [6.45, 7) is 0. The van der Waals surface area contributed by atoms with Crippen molar-refractivity contribution in [2.75, 3.05) is 0 Å². The van der Waals surface area contributed by atoms with Crippen LogP contribution in [0.2, 0.25) is 0 Å². The quantitative estimate of drug-likeness (QED) is 0.422. The fraction of sp³-hybridized carbons (Fsp3) is 0. The van der Waals surface area contributed by atoms with Crippen LogP contribution in [-0.4, -0.2) is 16.0 Å². The SMILES string of the molecule is O=C(O)C=C[P+](=O)O. The molecule has 1 unspecified atom stereocenters. The van der Waals surface area contributed by atoms with Crippen LogP contribution in [0.3, 0.4) is 0 Å². The zero-order valence-corrected chi connectivity index (χ0v) is 4.71. The molecule has 0 bridgehead atoms. The van der Waals surface area contributed by atoms with Gasteiger partial charge in [0.15, 0.2) is 5.82 Å². The van der Waals surface area contributed by atoms with Crippen LogP contribution in [0.5, 0.6) is 0 Å². The first-order valence-electron chi connectivity index (χ1n) is 1.69. The number of carboxylic acids is 1. The van der Waals surface area contributed by atoms with Crippen LogP contribution in [0.1, 0.15) is 0 Å². The van der Waals surface area contributed by atoms with Gasteiger partial charge in [-0.05, 0) is 4.57 Å². The molecule has 0 aliphatic rings. The molecule has 8 heavy (non-hydrogen) atoms. The van der Waals surface area contributed by atoms with Crippen molar-refractivity contribution >= 4 is 14.0 Å². The molecule has 0 radical (unpaired) electrons. The van der Waals surface area contributed by atoms with E-state index < -0.39 is 14.0 Å². The van der Waals surface area contributed by atoms with Crippen LogP contribution in [-0.2, 0) is 9.36 Å². The first-order chi connectivity index (χ1) is 3.63. The van der Waals surface area contributed by atoms with Crippen molar-refractivity contribution < 1.29 is 19.4 Å². The van der Waals surface area contributed by atoms with Gasteiger partial charge in [-0.2, -0.15) is 4.89 Å². The van der Waals surface area contributed by atoms with Crippen LogP contribution in [0.25, 0.3) is 0 Å². The zero-order chi connectivity index (χ0) is 6.57. The maximum Gasteiger partial charge on any atom is 0.538 e. The summed E-state index contributed by atoms with van der Waals surface area (Å²) in [7, 11) is -2.44. The van der Waals surface area contributed by atoms with Crippen LogP contribution >= 0.6 is 8.03 Å². The molecule has 0 heterocycles. The average Bonchev–Trinajstić information content (AvgIpc) is 1.61. The Labute approximate surface area is 46.3 Å². The predicted molar refractivity (Wildman–Crippen MR) is 26.6 cm³/mol. The molecule has 0 spiro atoms. The lowest BCUT2D eigenvalue weighted by Crippen LogP contribution is -1.83. The molecule has 0 aliphatic carbocycles. The second-order valence-electron chi connectivity index (χ2n) is 0.957. The molecule has 0 aliphatic heterocycles. The minimum atomic E-state index is -2.44. The third-order valence-electron chi connectivity index (χ3n) is 0.345. The van der Waals surface area contributed by atoms with Crippen molar-refractivity contribution in [3.05, 3.63) is 11.9 Å². The topological polar surface area (TPSA) is 74.6 Å². The molecular weight excluding hydrogens is 131 g/mol. The Morgan fingerprint density at radius 3 is 2.25 bits per heavy atom. The van der Waals surface area contributed by atoms with Gasteiger partial charge in [-0.15, -0.1) is 0 Å². The molecule has 0 aromatic rings. The monoisotopic (exact) mass is 135 g/mol. The second kappa shape index (κ2) is 3.29. The normalized spacial score (nSPS) is 11.9. The van der Waals surface area contributed by atoms with Crippen molar-refractivity contribution in [1.29, 1.82) is 0 Å². The standard InChI is InChI=1S/C3H3O4P/c4-3(5)1-2-8(6)7/h1-2H,(H-,4,5,6,7)/p+1. The van der Waals surface area contributed by atoms with Crippen LogP contribution in [0.4, 0.5) is 0 Å². The number of aliphatic carboxylic acids is 1. The second-order valence-corrected chi connectivity index (χ2v) is 1.86. The number of rotatable bonds is 2. The van der Waals surface area contributed by atoms with E-state index in [0.717, 1.165) is 0 Å². The van der Waals surface area contributed by atoms with E-state index in [-0.39, 0.29) is 0 Å². The Balaban J connectivity index is 3.67. The Bertz CT molecular complexity index is 122. The first-order valence-corrected chi connectivity index (χ1v) is 2.97. The van der Waals surface area contributed by atoms with Crippen LogP contribution in [0, 0.1) is 0 Å². The summed E-state index contributed by atoms with van der Waals surface area (Å²) < 4.78 is 9.70. The van der Waals surface area contributed by atoms with Gasteiger partial charge in [0.25, 0.3) is 0 Å². The maximum absolute atomic E-state index is 9.70. The van der Waals surface area contributed by atoms with E-state index in [1.165, 1.54) is 0 Å². The third-order valence-corrected chi connectivity index (χ3v) is 0.749. The molecule has 0 amide bonds. The third kappa shape index (κ3) is 5.27. The van der Waals surface area contributed by atoms with Crippen LogP contribution in [0.15, 0.2) is 11.9 Å². The number of hydrogen-bond donors (Lipinski definition) is 2. The largest absolute Gasteiger partial charge is 0.538 e. The maximum atomic E-state index is 9.70. The Kier molecular flexibility index (Phi) is 2.99. The van der Waals surface area contributed by atoms with Crippen molar-refractivity contribution in [2.24, 2.45) is 0 Å². The highest BCUT2D eigenvalue weighted by molar-refractivity contribution is 7.41. The molecule has 0 fully saturated rings. The minimum Gasteiger partial charge on any atom is -0.478 e. The molecule has 0 aromatic heterocycles. The van der Waals surface area contributed by atoms with Crippen molar-refractivity contribution in [3.8, 4) is 0 Å². The molecule has 0 aromatic carbocycles. The Hall–Kier alpha value is -0.730. The van der Waals surface area contributed by atoms with E-state index in [9.17, 15) is 9.36 Å². The lowest BCUT2D eigenvalue weighted by Gasteiger charge is -1.66. The number of hydrogen-bond acceptors (Lipinski definition) is 2. The highest BCUT2D eigenvalue weighted by Gasteiger charge is 2.01. The molecule has 0 rings (SSSR count). The molecule has 4 nitrogen and oxygen atoms in total. The van der Waals surface area contributed by atoms with Gasteiger partial charge in [0.2, 0.25) is 0 Å². The lowest BCUT2D eigenvalue weighted by molar-refractivity contribution is -0.131. The van der Waals surface area contributed by atoms with Crippen molar-refractivity contribution in [2.45, 2.75) is 0 Å². The molecule has 1 atom stereocenters. The molecule has 44 valence electrons. The number of carboxylic acid groups (broad SMARTS) is 1. The van der Waals surface area contributed by atoms with E-state index in [4.69, 9.17) is 10.00 Å². The highest BCUT2D eigenvalue weighted by atomic mass is 31.1. The summed E-state index contributed by atoms with van der Waals surface area (Å²) >= 11 is 0. The van der Waals surface area contributed by atoms with Gasteiger partial charge in [-0.3, -0.25) is 0 Å². The van der Waals surface area contributed by atoms with Crippen molar-refractivity contribution in [3.63, 3.8) is 0 Å². The van der Waals surface area contributed by atoms with E-state index in [1.807, 2.05) is 0 Å². The Morgan fingerprint density at radius 2 is 2.12 bits per heavy atom. The Morgan fingerprint density at radius 1 is 1.62 bits per heavy atom. The summed E-state index contributed by atoms with van der Waals surface area (Å²) in [5.41, 5.74) is 0.